The molecule has 120 valence electrons. The van der Waals surface area contributed by atoms with Crippen LogP contribution < -0.4 is 5.32 Å². The Balaban J connectivity index is 2.23. The smallest absolute Gasteiger partial charge is 0.338 e. The molecule has 1 amide bonds. The van der Waals surface area contributed by atoms with Gasteiger partial charge in [0.1, 0.15) is 5.82 Å². The zero-order valence-electron chi connectivity index (χ0n) is 13.1. The summed E-state index contributed by atoms with van der Waals surface area (Å²) in [6.45, 7) is 3.95. The summed E-state index contributed by atoms with van der Waals surface area (Å²) in [5.41, 5.74) is 1.70. The number of ether oxygens (including phenoxy) is 1. The molecule has 0 radical (unpaired) electrons. The molecule has 0 unspecified atom stereocenters. The van der Waals surface area contributed by atoms with Crippen LogP contribution in [0.5, 0.6) is 0 Å². The fourth-order valence-corrected chi connectivity index (χ4v) is 2.22. The SMILES string of the molecule is CCOC(=O)c1ccc(NC(=O)c2ccccc2F)cc1CC. The Morgan fingerprint density at radius 3 is 2.48 bits per heavy atom. The van der Waals surface area contributed by atoms with Crippen molar-refractivity contribution >= 4 is 17.6 Å². The Bertz CT molecular complexity index is 728. The van der Waals surface area contributed by atoms with Crippen LogP contribution in [0.3, 0.4) is 0 Å². The van der Waals surface area contributed by atoms with Gasteiger partial charge in [0.25, 0.3) is 5.91 Å². The van der Waals surface area contributed by atoms with Gasteiger partial charge in [-0.15, -0.1) is 0 Å². The first-order valence-electron chi connectivity index (χ1n) is 7.42. The minimum atomic E-state index is -0.580. The summed E-state index contributed by atoms with van der Waals surface area (Å²) in [7, 11) is 0. The monoisotopic (exact) mass is 315 g/mol. The highest BCUT2D eigenvalue weighted by atomic mass is 19.1. The quantitative estimate of drug-likeness (QED) is 0.853. The third-order valence-corrected chi connectivity index (χ3v) is 3.36. The number of carbonyl (C=O) groups excluding carboxylic acids is 2. The van der Waals surface area contributed by atoms with Crippen molar-refractivity contribution in [3.8, 4) is 0 Å². The molecule has 0 aromatic heterocycles. The average Bonchev–Trinajstić information content (AvgIpc) is 2.55. The zero-order chi connectivity index (χ0) is 16.8. The molecular formula is C18H18FNO3. The molecule has 2 aromatic carbocycles. The Hall–Kier alpha value is -2.69. The lowest BCUT2D eigenvalue weighted by Gasteiger charge is -2.11. The van der Waals surface area contributed by atoms with Crippen LogP contribution in [0.25, 0.3) is 0 Å². The number of halogens is 1. The molecule has 0 fully saturated rings. The van der Waals surface area contributed by atoms with E-state index in [1.54, 1.807) is 31.2 Å². The minimum Gasteiger partial charge on any atom is -0.462 e. The van der Waals surface area contributed by atoms with Gasteiger partial charge < -0.3 is 10.1 Å². The minimum absolute atomic E-state index is 0.0278. The second-order valence-electron chi connectivity index (χ2n) is 4.88. The molecule has 0 aliphatic rings. The van der Waals surface area contributed by atoms with Gasteiger partial charge in [-0.1, -0.05) is 19.1 Å². The zero-order valence-corrected chi connectivity index (χ0v) is 13.1. The topological polar surface area (TPSA) is 55.4 Å². The van der Waals surface area contributed by atoms with Crippen molar-refractivity contribution in [1.29, 1.82) is 0 Å². The maximum Gasteiger partial charge on any atom is 0.338 e. The molecule has 23 heavy (non-hydrogen) atoms. The molecule has 0 spiro atoms. The lowest BCUT2D eigenvalue weighted by molar-refractivity contribution is 0.0525. The molecule has 0 saturated carbocycles. The van der Waals surface area contributed by atoms with E-state index in [4.69, 9.17) is 4.74 Å². The fraction of sp³-hybridized carbons (Fsp3) is 0.222. The van der Waals surface area contributed by atoms with Crippen LogP contribution in [-0.4, -0.2) is 18.5 Å². The van der Waals surface area contributed by atoms with E-state index in [0.29, 0.717) is 24.3 Å². The molecule has 0 saturated heterocycles. The van der Waals surface area contributed by atoms with E-state index >= 15 is 0 Å². The summed E-state index contributed by atoms with van der Waals surface area (Å²) >= 11 is 0. The standard InChI is InChI=1S/C18H18FNO3/c1-3-12-11-13(9-10-14(12)18(22)23-4-2)20-17(21)15-7-5-6-8-16(15)19/h5-11H,3-4H2,1-2H3,(H,20,21). The third-order valence-electron chi connectivity index (χ3n) is 3.36. The van der Waals surface area contributed by atoms with Gasteiger partial charge in [-0.05, 0) is 49.2 Å². The summed E-state index contributed by atoms with van der Waals surface area (Å²) in [6.07, 6.45) is 0.609. The highest BCUT2D eigenvalue weighted by molar-refractivity contribution is 6.04. The molecule has 0 aliphatic carbocycles. The third kappa shape index (κ3) is 3.94. The second-order valence-corrected chi connectivity index (χ2v) is 4.88. The van der Waals surface area contributed by atoms with Gasteiger partial charge in [0, 0.05) is 5.69 Å². The first kappa shape index (κ1) is 16.7. The number of nitrogens with one attached hydrogen (secondary N) is 1. The molecule has 2 rings (SSSR count). The van der Waals surface area contributed by atoms with Crippen molar-refractivity contribution in [2.45, 2.75) is 20.3 Å². The molecular weight excluding hydrogens is 297 g/mol. The molecule has 5 heteroatoms. The number of hydrogen-bond acceptors (Lipinski definition) is 3. The van der Waals surface area contributed by atoms with E-state index in [1.165, 1.54) is 18.2 Å². The largest absolute Gasteiger partial charge is 0.462 e. The van der Waals surface area contributed by atoms with Crippen LogP contribution in [0, 0.1) is 5.82 Å². The number of benzene rings is 2. The Morgan fingerprint density at radius 1 is 1.09 bits per heavy atom. The predicted molar refractivity (Wildman–Crippen MR) is 86.1 cm³/mol. The predicted octanol–water partition coefficient (Wildman–Crippen LogP) is 3.82. The summed E-state index contributed by atoms with van der Waals surface area (Å²) in [5, 5.41) is 2.64. The van der Waals surface area contributed by atoms with Crippen LogP contribution in [-0.2, 0) is 11.2 Å². The first-order valence-corrected chi connectivity index (χ1v) is 7.42. The number of anilines is 1. The van der Waals surface area contributed by atoms with E-state index in [2.05, 4.69) is 5.32 Å². The summed E-state index contributed by atoms with van der Waals surface area (Å²) in [4.78, 5) is 24.0. The van der Waals surface area contributed by atoms with Gasteiger partial charge in [-0.3, -0.25) is 4.79 Å². The Kier molecular flexibility index (Phi) is 5.46. The number of rotatable bonds is 5. The van der Waals surface area contributed by atoms with Gasteiger partial charge in [-0.25, -0.2) is 9.18 Å². The van der Waals surface area contributed by atoms with Crippen LogP contribution in [0.4, 0.5) is 10.1 Å². The maximum atomic E-state index is 13.6. The molecule has 1 N–H and O–H groups in total. The molecule has 2 aromatic rings. The maximum absolute atomic E-state index is 13.6. The van der Waals surface area contributed by atoms with E-state index in [0.717, 1.165) is 5.56 Å². The van der Waals surface area contributed by atoms with Crippen molar-refractivity contribution in [3.63, 3.8) is 0 Å². The van der Waals surface area contributed by atoms with E-state index < -0.39 is 17.7 Å². The average molecular weight is 315 g/mol. The summed E-state index contributed by atoms with van der Waals surface area (Å²) in [6, 6.07) is 10.7. The van der Waals surface area contributed by atoms with Gasteiger partial charge in [0.15, 0.2) is 0 Å². The lowest BCUT2D eigenvalue weighted by atomic mass is 10.0. The van der Waals surface area contributed by atoms with Crippen molar-refractivity contribution < 1.29 is 18.7 Å². The van der Waals surface area contributed by atoms with E-state index in [9.17, 15) is 14.0 Å². The highest BCUT2D eigenvalue weighted by Gasteiger charge is 2.14. The van der Waals surface area contributed by atoms with Gasteiger partial charge in [0.2, 0.25) is 0 Å². The lowest BCUT2D eigenvalue weighted by Crippen LogP contribution is -2.14. The first-order chi connectivity index (χ1) is 11.1. The Labute approximate surface area is 134 Å². The number of carbonyl (C=O) groups is 2. The van der Waals surface area contributed by atoms with Crippen molar-refractivity contribution in [2.75, 3.05) is 11.9 Å². The normalized spacial score (nSPS) is 10.2. The van der Waals surface area contributed by atoms with Crippen molar-refractivity contribution in [3.05, 3.63) is 65.0 Å². The summed E-state index contributed by atoms with van der Waals surface area (Å²) < 4.78 is 18.6. The number of aryl methyl sites for hydroxylation is 1. The fourth-order valence-electron chi connectivity index (χ4n) is 2.22. The van der Waals surface area contributed by atoms with Crippen LogP contribution in [0.15, 0.2) is 42.5 Å². The number of hydrogen-bond donors (Lipinski definition) is 1. The number of amides is 1. The van der Waals surface area contributed by atoms with Crippen molar-refractivity contribution in [1.82, 2.24) is 0 Å². The van der Waals surface area contributed by atoms with Crippen LogP contribution in [0.1, 0.15) is 40.1 Å². The summed E-state index contributed by atoms with van der Waals surface area (Å²) in [5.74, 6) is -1.51. The van der Waals surface area contributed by atoms with Gasteiger partial charge in [0.05, 0.1) is 17.7 Å². The van der Waals surface area contributed by atoms with Gasteiger partial charge >= 0.3 is 5.97 Å². The van der Waals surface area contributed by atoms with E-state index in [1.807, 2.05) is 6.92 Å². The highest BCUT2D eigenvalue weighted by Crippen LogP contribution is 2.19. The van der Waals surface area contributed by atoms with Crippen LogP contribution >= 0.6 is 0 Å². The van der Waals surface area contributed by atoms with Crippen LogP contribution in [0.2, 0.25) is 0 Å². The molecule has 4 nitrogen and oxygen atoms in total. The molecule has 0 heterocycles. The molecule has 0 atom stereocenters. The molecule has 0 bridgehead atoms. The molecule has 0 aliphatic heterocycles. The van der Waals surface area contributed by atoms with Crippen molar-refractivity contribution in [2.24, 2.45) is 0 Å². The Morgan fingerprint density at radius 2 is 1.83 bits per heavy atom. The second kappa shape index (κ2) is 7.54. The van der Waals surface area contributed by atoms with Gasteiger partial charge in [-0.2, -0.15) is 0 Å². The van der Waals surface area contributed by atoms with E-state index in [-0.39, 0.29) is 5.56 Å². The number of esters is 1.